The molecule has 1 aliphatic rings. The summed E-state index contributed by atoms with van der Waals surface area (Å²) in [5, 5.41) is 0. The lowest BCUT2D eigenvalue weighted by Gasteiger charge is -2.29. The Morgan fingerprint density at radius 2 is 1.86 bits per heavy atom. The van der Waals surface area contributed by atoms with E-state index in [4.69, 9.17) is 0 Å². The molecule has 0 saturated heterocycles. The van der Waals surface area contributed by atoms with E-state index >= 15 is 0 Å². The molecule has 3 rings (SSSR count). The zero-order chi connectivity index (χ0) is 15.7. The van der Waals surface area contributed by atoms with Crippen molar-refractivity contribution in [2.24, 2.45) is 5.41 Å². The number of hydrogen-bond acceptors (Lipinski definition) is 3. The van der Waals surface area contributed by atoms with Crippen LogP contribution in [0.15, 0.2) is 30.6 Å². The van der Waals surface area contributed by atoms with Gasteiger partial charge in [0, 0.05) is 41.2 Å². The van der Waals surface area contributed by atoms with E-state index < -0.39 is 0 Å². The SMILES string of the molecule is Cc1cc(C#Cc2cnc3c(c2)C(=O)CC(C)(C)C3)ccn1. The number of ketones is 1. The normalized spacial score (nSPS) is 15.7. The molecule has 0 N–H and O–H groups in total. The molecule has 0 aromatic carbocycles. The second-order valence-corrected chi connectivity index (χ2v) is 6.60. The molecule has 0 aliphatic heterocycles. The van der Waals surface area contributed by atoms with Gasteiger partial charge in [0.25, 0.3) is 0 Å². The second kappa shape index (κ2) is 5.38. The van der Waals surface area contributed by atoms with Crippen LogP contribution in [0.25, 0.3) is 0 Å². The van der Waals surface area contributed by atoms with Crippen molar-refractivity contribution in [3.63, 3.8) is 0 Å². The highest BCUT2D eigenvalue weighted by Gasteiger charge is 2.31. The van der Waals surface area contributed by atoms with Gasteiger partial charge in [-0.05, 0) is 37.0 Å². The van der Waals surface area contributed by atoms with Gasteiger partial charge < -0.3 is 0 Å². The molecule has 2 aromatic heterocycles. The van der Waals surface area contributed by atoms with Gasteiger partial charge in [-0.1, -0.05) is 25.7 Å². The van der Waals surface area contributed by atoms with Gasteiger partial charge in [0.15, 0.2) is 5.78 Å². The summed E-state index contributed by atoms with van der Waals surface area (Å²) in [6, 6.07) is 5.69. The number of pyridine rings is 2. The predicted octanol–water partition coefficient (Wildman–Crippen LogP) is 3.34. The van der Waals surface area contributed by atoms with Crippen LogP contribution >= 0.6 is 0 Å². The molecule has 1 aliphatic carbocycles. The second-order valence-electron chi connectivity index (χ2n) is 6.60. The van der Waals surface area contributed by atoms with Crippen LogP contribution in [0.3, 0.4) is 0 Å². The fourth-order valence-corrected chi connectivity index (χ4v) is 2.76. The van der Waals surface area contributed by atoms with Crippen molar-refractivity contribution in [1.82, 2.24) is 9.97 Å². The Morgan fingerprint density at radius 1 is 1.09 bits per heavy atom. The summed E-state index contributed by atoms with van der Waals surface area (Å²) in [7, 11) is 0. The number of rotatable bonds is 0. The van der Waals surface area contributed by atoms with Crippen LogP contribution in [-0.2, 0) is 6.42 Å². The lowest BCUT2D eigenvalue weighted by Crippen LogP contribution is -2.27. The molecule has 0 radical (unpaired) electrons. The Morgan fingerprint density at radius 3 is 2.64 bits per heavy atom. The molecule has 3 heteroatoms. The van der Waals surface area contributed by atoms with Crippen LogP contribution in [0.5, 0.6) is 0 Å². The lowest BCUT2D eigenvalue weighted by molar-refractivity contribution is 0.0910. The quantitative estimate of drug-likeness (QED) is 0.699. The Hall–Kier alpha value is -2.47. The number of Topliss-reactive ketones (excluding diaryl/α,β-unsaturated/α-hetero) is 1. The third-order valence-electron chi connectivity index (χ3n) is 3.80. The number of hydrogen-bond donors (Lipinski definition) is 0. The van der Waals surface area contributed by atoms with Gasteiger partial charge in [-0.25, -0.2) is 0 Å². The van der Waals surface area contributed by atoms with Crippen LogP contribution in [-0.4, -0.2) is 15.8 Å². The monoisotopic (exact) mass is 290 g/mol. The van der Waals surface area contributed by atoms with Gasteiger partial charge in [0.2, 0.25) is 0 Å². The highest BCUT2D eigenvalue weighted by atomic mass is 16.1. The first-order valence-corrected chi connectivity index (χ1v) is 7.40. The number of aromatic nitrogens is 2. The van der Waals surface area contributed by atoms with Crippen LogP contribution in [0.2, 0.25) is 0 Å². The zero-order valence-electron chi connectivity index (χ0n) is 13.1. The molecule has 0 fully saturated rings. The van der Waals surface area contributed by atoms with Crippen LogP contribution in [0, 0.1) is 24.2 Å². The molecule has 22 heavy (non-hydrogen) atoms. The van der Waals surface area contributed by atoms with Crippen molar-refractivity contribution in [3.8, 4) is 11.8 Å². The van der Waals surface area contributed by atoms with Crippen molar-refractivity contribution in [1.29, 1.82) is 0 Å². The van der Waals surface area contributed by atoms with Gasteiger partial charge >= 0.3 is 0 Å². The van der Waals surface area contributed by atoms with Crippen molar-refractivity contribution < 1.29 is 4.79 Å². The zero-order valence-corrected chi connectivity index (χ0v) is 13.1. The maximum absolute atomic E-state index is 12.3. The Kier molecular flexibility index (Phi) is 3.54. The van der Waals surface area contributed by atoms with Gasteiger partial charge in [-0.3, -0.25) is 14.8 Å². The van der Waals surface area contributed by atoms with Gasteiger partial charge in [0.1, 0.15) is 0 Å². The molecule has 0 amide bonds. The summed E-state index contributed by atoms with van der Waals surface area (Å²) in [5.41, 5.74) is 4.26. The smallest absolute Gasteiger partial charge is 0.165 e. The molecular formula is C19H18N2O. The minimum absolute atomic E-state index is 0.00115. The summed E-state index contributed by atoms with van der Waals surface area (Å²) in [6.07, 6.45) is 4.91. The summed E-state index contributed by atoms with van der Waals surface area (Å²) >= 11 is 0. The van der Waals surface area contributed by atoms with E-state index in [0.29, 0.717) is 6.42 Å². The highest BCUT2D eigenvalue weighted by Crippen LogP contribution is 2.33. The molecule has 3 nitrogen and oxygen atoms in total. The number of nitrogens with zero attached hydrogens (tertiary/aromatic N) is 2. The van der Waals surface area contributed by atoms with E-state index in [1.165, 1.54) is 0 Å². The highest BCUT2D eigenvalue weighted by molar-refractivity contribution is 5.98. The minimum atomic E-state index is -0.00115. The molecule has 0 atom stereocenters. The van der Waals surface area contributed by atoms with Crippen LogP contribution in [0.1, 0.15) is 53.1 Å². The standard InChI is InChI=1S/C19H18N2O/c1-13-8-14(6-7-20-13)4-5-15-9-16-17(21-12-15)10-19(2,3)11-18(16)22/h6-9,12H,10-11H2,1-3H3. The summed E-state index contributed by atoms with van der Waals surface area (Å²) < 4.78 is 0. The molecule has 0 spiro atoms. The van der Waals surface area contributed by atoms with E-state index in [9.17, 15) is 4.79 Å². The third kappa shape index (κ3) is 3.07. The number of fused-ring (bicyclic) bond motifs is 1. The maximum atomic E-state index is 12.3. The molecule has 0 unspecified atom stereocenters. The first kappa shape index (κ1) is 14.5. The Labute approximate surface area is 130 Å². The van der Waals surface area contributed by atoms with E-state index in [0.717, 1.165) is 34.5 Å². The van der Waals surface area contributed by atoms with Crippen molar-refractivity contribution in [2.75, 3.05) is 0 Å². The largest absolute Gasteiger partial charge is 0.294 e. The Balaban J connectivity index is 1.92. The topological polar surface area (TPSA) is 42.9 Å². The fourth-order valence-electron chi connectivity index (χ4n) is 2.76. The predicted molar refractivity (Wildman–Crippen MR) is 85.6 cm³/mol. The third-order valence-corrected chi connectivity index (χ3v) is 3.80. The van der Waals surface area contributed by atoms with Crippen molar-refractivity contribution >= 4 is 5.78 Å². The molecule has 2 aromatic rings. The molecule has 0 bridgehead atoms. The minimum Gasteiger partial charge on any atom is -0.294 e. The lowest BCUT2D eigenvalue weighted by atomic mass is 9.75. The molecule has 2 heterocycles. The van der Waals surface area contributed by atoms with E-state index in [2.05, 4.69) is 35.7 Å². The Bertz CT molecular complexity index is 810. The van der Waals surface area contributed by atoms with Crippen molar-refractivity contribution in [3.05, 3.63) is 58.7 Å². The van der Waals surface area contributed by atoms with Gasteiger partial charge in [-0.15, -0.1) is 0 Å². The fraction of sp³-hybridized carbons (Fsp3) is 0.316. The molecular weight excluding hydrogens is 272 g/mol. The first-order valence-electron chi connectivity index (χ1n) is 7.40. The van der Waals surface area contributed by atoms with Crippen LogP contribution < -0.4 is 0 Å². The number of carbonyl (C=O) groups excluding carboxylic acids is 1. The molecule has 110 valence electrons. The van der Waals surface area contributed by atoms with Gasteiger partial charge in [-0.2, -0.15) is 0 Å². The van der Waals surface area contributed by atoms with Gasteiger partial charge in [0.05, 0.1) is 5.69 Å². The van der Waals surface area contributed by atoms with Crippen LogP contribution in [0.4, 0.5) is 0 Å². The van der Waals surface area contributed by atoms with Crippen molar-refractivity contribution in [2.45, 2.75) is 33.6 Å². The average molecular weight is 290 g/mol. The summed E-state index contributed by atoms with van der Waals surface area (Å²) in [5.74, 6) is 6.35. The summed E-state index contributed by atoms with van der Waals surface area (Å²) in [4.78, 5) is 20.9. The van der Waals surface area contributed by atoms with E-state index in [1.807, 2.05) is 25.1 Å². The average Bonchev–Trinajstić information content (AvgIpc) is 2.44. The number of aryl methyl sites for hydroxylation is 1. The first-order chi connectivity index (χ1) is 10.4. The molecule has 0 saturated carbocycles. The summed E-state index contributed by atoms with van der Waals surface area (Å²) in [6.45, 7) is 6.15. The van der Waals surface area contributed by atoms with E-state index in [-0.39, 0.29) is 11.2 Å². The van der Waals surface area contributed by atoms with E-state index in [1.54, 1.807) is 12.4 Å². The number of carbonyl (C=O) groups is 1. The maximum Gasteiger partial charge on any atom is 0.165 e.